The van der Waals surface area contributed by atoms with Gasteiger partial charge in [0.2, 0.25) is 0 Å². The summed E-state index contributed by atoms with van der Waals surface area (Å²) in [6, 6.07) is -1.48. The summed E-state index contributed by atoms with van der Waals surface area (Å²) in [5.74, 6) is 3.24. The van der Waals surface area contributed by atoms with Crippen molar-refractivity contribution < 1.29 is 38.5 Å². The third kappa shape index (κ3) is 8.93. The topological polar surface area (TPSA) is 142 Å². The quantitative estimate of drug-likeness (QED) is 0.0908. The van der Waals surface area contributed by atoms with Crippen molar-refractivity contribution in [2.45, 2.75) is 143 Å². The minimum Gasteiger partial charge on any atom is -0.481 e. The molecule has 10 heteroatoms. The van der Waals surface area contributed by atoms with Gasteiger partial charge in [-0.1, -0.05) is 53.9 Å². The Bertz CT molecular complexity index is 1050. The van der Waals surface area contributed by atoms with Crippen molar-refractivity contribution in [3.63, 3.8) is 0 Å². The molecule has 0 aromatic carbocycles. The molecule has 0 heterocycles. The van der Waals surface area contributed by atoms with E-state index in [1.54, 1.807) is 0 Å². The molecule has 4 N–H and O–H groups in total. The molecule has 4 aliphatic carbocycles. The van der Waals surface area contributed by atoms with Crippen LogP contribution in [-0.2, 0) is 23.4 Å². The molecule has 0 aliphatic heterocycles. The van der Waals surface area contributed by atoms with Gasteiger partial charge in [0.05, 0.1) is 12.7 Å². The Morgan fingerprint density at radius 1 is 0.889 bits per heavy atom. The van der Waals surface area contributed by atoms with E-state index in [0.717, 1.165) is 48.3 Å². The molecule has 260 valence electrons. The third-order valence-electron chi connectivity index (χ3n) is 13.0. The number of rotatable bonds is 17. The number of nitrogens with one attached hydrogen (secondary N) is 1. The summed E-state index contributed by atoms with van der Waals surface area (Å²) >= 11 is 0. The Hall–Kier alpha value is -0.990. The van der Waals surface area contributed by atoms with E-state index in [9.17, 15) is 24.2 Å². The van der Waals surface area contributed by atoms with Crippen LogP contribution in [0.4, 0.5) is 0 Å². The van der Waals surface area contributed by atoms with Gasteiger partial charge in [0.25, 0.3) is 0 Å². The highest BCUT2D eigenvalue weighted by Gasteiger charge is 2.60. The van der Waals surface area contributed by atoms with Crippen LogP contribution in [0.5, 0.6) is 0 Å². The van der Waals surface area contributed by atoms with Gasteiger partial charge in [0.15, 0.2) is 0 Å². The van der Waals surface area contributed by atoms with E-state index in [2.05, 4.69) is 39.7 Å². The molecule has 4 fully saturated rings. The maximum Gasteiger partial charge on any atom is 0.403 e. The van der Waals surface area contributed by atoms with Gasteiger partial charge in [-0.05, 0) is 123 Å². The highest BCUT2D eigenvalue weighted by Crippen LogP contribution is 2.68. The minimum atomic E-state index is -4.39. The van der Waals surface area contributed by atoms with E-state index in [0.29, 0.717) is 29.8 Å². The molecule has 4 aliphatic rings. The van der Waals surface area contributed by atoms with Gasteiger partial charge in [-0.2, -0.15) is 0 Å². The van der Waals surface area contributed by atoms with E-state index >= 15 is 0 Å². The lowest BCUT2D eigenvalue weighted by Crippen LogP contribution is -2.54. The smallest absolute Gasteiger partial charge is 0.403 e. The van der Waals surface area contributed by atoms with E-state index in [1.165, 1.54) is 64.2 Å². The van der Waals surface area contributed by atoms with Crippen molar-refractivity contribution in [1.82, 2.24) is 5.09 Å². The van der Waals surface area contributed by atoms with Gasteiger partial charge in [0, 0.05) is 13.0 Å². The fraction of sp³-hybridized carbons (Fsp3) is 0.943. The first-order chi connectivity index (χ1) is 21.2. The second kappa shape index (κ2) is 15.5. The highest BCUT2D eigenvalue weighted by molar-refractivity contribution is 7.50. The summed E-state index contributed by atoms with van der Waals surface area (Å²) < 4.78 is 23.6. The van der Waals surface area contributed by atoms with E-state index in [-0.39, 0.29) is 19.1 Å². The summed E-state index contributed by atoms with van der Waals surface area (Å²) in [7, 11) is -4.39. The number of hydrogen-bond donors (Lipinski definition) is 4. The lowest BCUT2D eigenvalue weighted by Gasteiger charge is -2.61. The first-order valence-electron chi connectivity index (χ1n) is 18.0. The average molecular weight is 656 g/mol. The van der Waals surface area contributed by atoms with Crippen LogP contribution in [-0.4, -0.2) is 52.4 Å². The maximum atomic E-state index is 12.3. The number of hydrogen-bond acceptors (Lipinski definition) is 5. The molecule has 4 saturated carbocycles. The van der Waals surface area contributed by atoms with E-state index in [1.807, 2.05) is 0 Å². The zero-order valence-corrected chi connectivity index (χ0v) is 29.4. The summed E-state index contributed by atoms with van der Waals surface area (Å²) in [5.41, 5.74) is 0.912. The van der Waals surface area contributed by atoms with E-state index in [4.69, 9.17) is 14.4 Å². The van der Waals surface area contributed by atoms with Crippen LogP contribution < -0.4 is 5.09 Å². The Morgan fingerprint density at radius 3 is 2.29 bits per heavy atom. The summed E-state index contributed by atoms with van der Waals surface area (Å²) in [4.78, 5) is 32.1. The Labute approximate surface area is 271 Å². The molecule has 8 unspecified atom stereocenters. The fourth-order valence-corrected chi connectivity index (χ4v) is 11.7. The number of fused-ring (bicyclic) bond motifs is 5. The normalized spacial score (nSPS) is 37.2. The first kappa shape index (κ1) is 36.8. The molecular weight excluding hydrogens is 593 g/mol. The van der Waals surface area contributed by atoms with Gasteiger partial charge >= 0.3 is 19.7 Å². The van der Waals surface area contributed by atoms with Crippen molar-refractivity contribution in [3.05, 3.63) is 0 Å². The SMILES string of the molecule is CC(C)CCCC(C)C1CCC2C3CCC4CC(OCCCOP(=O)(O)N[C@@H](CCC(=O)O)C(=O)O)CC[C@]4(C)C3CC[C@]12C. The molecule has 0 spiro atoms. The minimum absolute atomic E-state index is 0.0544. The number of ether oxygens (including phenoxy) is 1. The molecule has 45 heavy (non-hydrogen) atoms. The largest absolute Gasteiger partial charge is 0.481 e. The summed E-state index contributed by atoms with van der Waals surface area (Å²) in [6.45, 7) is 12.9. The van der Waals surface area contributed by atoms with Crippen molar-refractivity contribution in [2.24, 2.45) is 52.3 Å². The van der Waals surface area contributed by atoms with Crippen LogP contribution in [0.1, 0.15) is 131 Å². The second-order valence-corrected chi connectivity index (χ2v) is 17.7. The summed E-state index contributed by atoms with van der Waals surface area (Å²) in [6.07, 6.45) is 15.6. The summed E-state index contributed by atoms with van der Waals surface area (Å²) in [5, 5.41) is 20.1. The van der Waals surface area contributed by atoms with Gasteiger partial charge < -0.3 is 19.8 Å². The van der Waals surface area contributed by atoms with Crippen molar-refractivity contribution in [1.29, 1.82) is 0 Å². The molecule has 0 saturated heterocycles. The molecular formula is C35H62NO8P. The lowest BCUT2D eigenvalue weighted by molar-refractivity contribution is -0.140. The van der Waals surface area contributed by atoms with Crippen LogP contribution in [0.25, 0.3) is 0 Å². The highest BCUT2D eigenvalue weighted by atomic mass is 31.2. The van der Waals surface area contributed by atoms with Gasteiger partial charge in [-0.25, -0.2) is 9.65 Å². The van der Waals surface area contributed by atoms with Crippen LogP contribution >= 0.6 is 7.75 Å². The van der Waals surface area contributed by atoms with Crippen molar-refractivity contribution in [2.75, 3.05) is 13.2 Å². The Kier molecular flexibility index (Phi) is 12.7. The zero-order valence-electron chi connectivity index (χ0n) is 28.5. The standard InChI is InChI=1S/C35H62NO8P/c1-23(2)8-6-9-24(3)28-12-13-29-27-11-10-25-22-26(16-18-34(25,4)30(27)17-19-35(28,29)5)43-20-7-21-44-45(41,42)36-31(33(39)40)14-15-32(37)38/h23-31H,6-22H2,1-5H3,(H,37,38)(H,39,40)(H2,36,41,42)/t24?,25?,26?,27?,28?,29?,30?,31-,34-,35+/m0/s1. The third-order valence-corrected chi connectivity index (χ3v) is 14.2. The molecule has 11 atom stereocenters. The Morgan fingerprint density at radius 2 is 1.60 bits per heavy atom. The van der Waals surface area contributed by atoms with Crippen molar-refractivity contribution >= 4 is 19.7 Å². The Balaban J connectivity index is 1.22. The maximum absolute atomic E-state index is 12.3. The monoisotopic (exact) mass is 655 g/mol. The number of carboxylic acid groups (broad SMARTS) is 2. The molecule has 9 nitrogen and oxygen atoms in total. The van der Waals surface area contributed by atoms with Gasteiger partial charge in [0.1, 0.15) is 6.04 Å². The number of carbonyl (C=O) groups is 2. The van der Waals surface area contributed by atoms with Crippen molar-refractivity contribution in [3.8, 4) is 0 Å². The van der Waals surface area contributed by atoms with Gasteiger partial charge in [-0.3, -0.25) is 14.1 Å². The lowest BCUT2D eigenvalue weighted by atomic mass is 9.44. The molecule has 0 amide bonds. The zero-order chi connectivity index (χ0) is 33.0. The van der Waals surface area contributed by atoms with E-state index < -0.39 is 32.1 Å². The average Bonchev–Trinajstić information content (AvgIpc) is 3.32. The molecule has 0 aromatic heterocycles. The van der Waals surface area contributed by atoms with Gasteiger partial charge in [-0.15, -0.1) is 0 Å². The van der Waals surface area contributed by atoms with Crippen LogP contribution in [0, 0.1) is 52.3 Å². The number of carboxylic acids is 2. The molecule has 4 rings (SSSR count). The predicted molar refractivity (Wildman–Crippen MR) is 175 cm³/mol. The second-order valence-electron chi connectivity index (χ2n) is 16.1. The molecule has 0 aromatic rings. The van der Waals surface area contributed by atoms with Crippen LogP contribution in [0.2, 0.25) is 0 Å². The van der Waals surface area contributed by atoms with Crippen LogP contribution in [0.15, 0.2) is 0 Å². The molecule has 0 radical (unpaired) electrons. The fourth-order valence-electron chi connectivity index (χ4n) is 10.6. The molecule has 0 bridgehead atoms. The van der Waals surface area contributed by atoms with Crippen LogP contribution in [0.3, 0.4) is 0 Å². The number of aliphatic carboxylic acids is 2. The predicted octanol–water partition coefficient (Wildman–Crippen LogP) is 7.91. The first-order valence-corrected chi connectivity index (χ1v) is 19.6.